The van der Waals surface area contributed by atoms with Gasteiger partial charge >= 0.3 is 0 Å². The Morgan fingerprint density at radius 3 is 2.30 bits per heavy atom. The molecule has 0 aliphatic rings. The van der Waals surface area contributed by atoms with Gasteiger partial charge in [0.1, 0.15) is 6.61 Å². The minimum Gasteiger partial charge on any atom is -0.493 e. The number of methoxy groups -OCH3 is 1. The predicted molar refractivity (Wildman–Crippen MR) is 107 cm³/mol. The van der Waals surface area contributed by atoms with Crippen LogP contribution in [0.25, 0.3) is 0 Å². The average Bonchev–Trinajstić information content (AvgIpc) is 2.73. The molecule has 3 aromatic carbocycles. The number of aliphatic hydroxyl groups excluding tert-OH is 1. The second-order valence-electron chi connectivity index (χ2n) is 6.28. The van der Waals surface area contributed by atoms with Crippen molar-refractivity contribution in [1.82, 2.24) is 5.32 Å². The lowest BCUT2D eigenvalue weighted by molar-refractivity contribution is 0.174. The first-order valence-electron chi connectivity index (χ1n) is 9.04. The summed E-state index contributed by atoms with van der Waals surface area (Å²) in [4.78, 5) is 0. The second kappa shape index (κ2) is 9.76. The largest absolute Gasteiger partial charge is 0.493 e. The third kappa shape index (κ3) is 5.33. The van der Waals surface area contributed by atoms with Crippen molar-refractivity contribution in [3.63, 3.8) is 0 Å². The Morgan fingerprint density at radius 2 is 1.59 bits per heavy atom. The molecule has 3 aromatic rings. The summed E-state index contributed by atoms with van der Waals surface area (Å²) in [5.41, 5.74) is 2.99. The molecular formula is C23H25NO3. The number of para-hydroxylation sites is 1. The molecular weight excluding hydrogens is 338 g/mol. The van der Waals surface area contributed by atoms with Gasteiger partial charge in [-0.1, -0.05) is 72.8 Å². The lowest BCUT2D eigenvalue weighted by Gasteiger charge is -2.17. The van der Waals surface area contributed by atoms with Crippen molar-refractivity contribution in [3.05, 3.63) is 95.6 Å². The Labute approximate surface area is 160 Å². The van der Waals surface area contributed by atoms with Crippen molar-refractivity contribution < 1.29 is 14.6 Å². The van der Waals surface area contributed by atoms with E-state index in [1.165, 1.54) is 0 Å². The third-order valence-electron chi connectivity index (χ3n) is 4.34. The molecule has 0 aromatic heterocycles. The highest BCUT2D eigenvalue weighted by Gasteiger charge is 2.12. The number of hydrogen-bond donors (Lipinski definition) is 2. The van der Waals surface area contributed by atoms with E-state index in [1.54, 1.807) is 7.11 Å². The van der Waals surface area contributed by atoms with Crippen LogP contribution in [0.4, 0.5) is 0 Å². The zero-order valence-electron chi connectivity index (χ0n) is 15.5. The van der Waals surface area contributed by atoms with Crippen molar-refractivity contribution in [2.75, 3.05) is 13.7 Å². The number of rotatable bonds is 9. The van der Waals surface area contributed by atoms with E-state index >= 15 is 0 Å². The molecule has 0 unspecified atom stereocenters. The topological polar surface area (TPSA) is 50.7 Å². The first-order valence-corrected chi connectivity index (χ1v) is 9.04. The molecule has 2 N–H and O–H groups in total. The highest BCUT2D eigenvalue weighted by molar-refractivity contribution is 5.46. The molecule has 0 bridgehead atoms. The van der Waals surface area contributed by atoms with Crippen LogP contribution in [-0.4, -0.2) is 18.8 Å². The van der Waals surface area contributed by atoms with Gasteiger partial charge in [0.25, 0.3) is 0 Å². The van der Waals surface area contributed by atoms with Gasteiger partial charge in [-0.25, -0.2) is 0 Å². The first-order chi connectivity index (χ1) is 13.3. The molecule has 0 spiro atoms. The van der Waals surface area contributed by atoms with Crippen molar-refractivity contribution in [3.8, 4) is 11.5 Å². The molecule has 4 nitrogen and oxygen atoms in total. The van der Waals surface area contributed by atoms with Crippen LogP contribution in [-0.2, 0) is 13.2 Å². The Morgan fingerprint density at radius 1 is 0.889 bits per heavy atom. The van der Waals surface area contributed by atoms with Gasteiger partial charge in [0.05, 0.1) is 13.2 Å². The first kappa shape index (κ1) is 19.0. The van der Waals surface area contributed by atoms with E-state index in [1.807, 2.05) is 78.9 Å². The van der Waals surface area contributed by atoms with Crippen LogP contribution >= 0.6 is 0 Å². The van der Waals surface area contributed by atoms with E-state index in [9.17, 15) is 5.11 Å². The Bertz CT molecular complexity index is 822. The summed E-state index contributed by atoms with van der Waals surface area (Å²) >= 11 is 0. The van der Waals surface area contributed by atoms with Crippen molar-refractivity contribution in [2.24, 2.45) is 0 Å². The van der Waals surface area contributed by atoms with Crippen molar-refractivity contribution >= 4 is 0 Å². The lowest BCUT2D eigenvalue weighted by atomic mass is 10.1. The van der Waals surface area contributed by atoms with E-state index in [4.69, 9.17) is 9.47 Å². The molecule has 1 atom stereocenters. The highest BCUT2D eigenvalue weighted by atomic mass is 16.5. The van der Waals surface area contributed by atoms with Gasteiger partial charge in [0.15, 0.2) is 11.5 Å². The van der Waals surface area contributed by atoms with Gasteiger partial charge in [-0.3, -0.25) is 0 Å². The fourth-order valence-corrected chi connectivity index (χ4v) is 2.89. The molecule has 0 fully saturated rings. The maximum absolute atomic E-state index is 10.3. The van der Waals surface area contributed by atoms with E-state index in [2.05, 4.69) is 5.32 Å². The number of nitrogens with one attached hydrogen (secondary N) is 1. The number of ether oxygens (including phenoxy) is 2. The summed E-state index contributed by atoms with van der Waals surface area (Å²) in [6.45, 7) is 1.51. The standard InChI is InChI=1S/C23H25NO3/c1-26-22-14-8-13-20(23(22)27-17-18-9-4-2-5-10-18)15-24-16-21(25)19-11-6-3-7-12-19/h2-14,21,24-25H,15-17H2,1H3/t21-/m1/s1. The van der Waals surface area contributed by atoms with Crippen molar-refractivity contribution in [1.29, 1.82) is 0 Å². The van der Waals surface area contributed by atoms with Crippen LogP contribution in [0.2, 0.25) is 0 Å². The van der Waals surface area contributed by atoms with E-state index in [0.717, 1.165) is 22.4 Å². The summed E-state index contributed by atoms with van der Waals surface area (Å²) in [6.07, 6.45) is -0.550. The second-order valence-corrected chi connectivity index (χ2v) is 6.28. The predicted octanol–water partition coefficient (Wildman–Crippen LogP) is 4.10. The SMILES string of the molecule is COc1cccc(CNC[C@@H](O)c2ccccc2)c1OCc1ccccc1. The van der Waals surface area contributed by atoms with E-state index < -0.39 is 6.10 Å². The van der Waals surface area contributed by atoms with Gasteiger partial charge in [0.2, 0.25) is 0 Å². The molecule has 0 aliphatic carbocycles. The molecule has 4 heteroatoms. The lowest BCUT2D eigenvalue weighted by Crippen LogP contribution is -2.21. The quantitative estimate of drug-likeness (QED) is 0.601. The van der Waals surface area contributed by atoms with Gasteiger partial charge in [-0.2, -0.15) is 0 Å². The average molecular weight is 363 g/mol. The number of benzene rings is 3. The van der Waals surface area contributed by atoms with Crippen LogP contribution in [0.15, 0.2) is 78.9 Å². The highest BCUT2D eigenvalue weighted by Crippen LogP contribution is 2.32. The van der Waals surface area contributed by atoms with Crippen LogP contribution in [0.5, 0.6) is 11.5 Å². The maximum atomic E-state index is 10.3. The Balaban J connectivity index is 1.64. The normalized spacial score (nSPS) is 11.8. The Kier molecular flexibility index (Phi) is 6.85. The number of hydrogen-bond acceptors (Lipinski definition) is 4. The monoisotopic (exact) mass is 363 g/mol. The van der Waals surface area contributed by atoms with Crippen LogP contribution in [0.3, 0.4) is 0 Å². The maximum Gasteiger partial charge on any atom is 0.166 e. The minimum absolute atomic E-state index is 0.458. The minimum atomic E-state index is -0.550. The Hall–Kier alpha value is -2.82. The van der Waals surface area contributed by atoms with Crippen LogP contribution in [0.1, 0.15) is 22.8 Å². The zero-order valence-corrected chi connectivity index (χ0v) is 15.5. The fraction of sp³-hybridized carbons (Fsp3) is 0.217. The molecule has 27 heavy (non-hydrogen) atoms. The van der Waals surface area contributed by atoms with Crippen molar-refractivity contribution in [2.45, 2.75) is 19.3 Å². The summed E-state index contributed by atoms with van der Waals surface area (Å²) in [7, 11) is 1.64. The molecule has 0 saturated heterocycles. The summed E-state index contributed by atoms with van der Waals surface area (Å²) in [5.74, 6) is 1.43. The van der Waals surface area contributed by atoms with Crippen LogP contribution < -0.4 is 14.8 Å². The smallest absolute Gasteiger partial charge is 0.166 e. The summed E-state index contributed by atoms with van der Waals surface area (Å²) < 4.78 is 11.5. The third-order valence-corrected chi connectivity index (χ3v) is 4.34. The van der Waals surface area contributed by atoms with E-state index in [-0.39, 0.29) is 0 Å². The van der Waals surface area contributed by atoms with Gasteiger partial charge in [0, 0.05) is 18.7 Å². The van der Waals surface area contributed by atoms with Gasteiger partial charge in [-0.15, -0.1) is 0 Å². The zero-order chi connectivity index (χ0) is 18.9. The molecule has 0 radical (unpaired) electrons. The van der Waals surface area contributed by atoms with Crippen LogP contribution in [0, 0.1) is 0 Å². The molecule has 0 amide bonds. The van der Waals surface area contributed by atoms with Gasteiger partial charge < -0.3 is 19.9 Å². The molecule has 0 aliphatic heterocycles. The molecule has 0 heterocycles. The van der Waals surface area contributed by atoms with Gasteiger partial charge in [-0.05, 0) is 17.2 Å². The molecule has 3 rings (SSSR count). The summed E-state index contributed by atoms with van der Waals surface area (Å²) in [6, 6.07) is 25.5. The van der Waals surface area contributed by atoms with E-state index in [0.29, 0.717) is 25.4 Å². The molecule has 140 valence electrons. The molecule has 0 saturated carbocycles. The fourth-order valence-electron chi connectivity index (χ4n) is 2.89. The summed E-state index contributed by atoms with van der Waals surface area (Å²) in [5, 5.41) is 13.6. The number of aliphatic hydroxyl groups is 1.